The van der Waals surface area contributed by atoms with Crippen molar-refractivity contribution in [2.45, 2.75) is 72.3 Å². The molecule has 0 amide bonds. The Kier molecular flexibility index (Phi) is 5.47. The third-order valence-corrected chi connectivity index (χ3v) is 5.75. The van der Waals surface area contributed by atoms with Crippen LogP contribution in [0.3, 0.4) is 0 Å². The molecule has 2 aliphatic carbocycles. The molecule has 1 aromatic heterocycles. The summed E-state index contributed by atoms with van der Waals surface area (Å²) in [7, 11) is 0. The predicted molar refractivity (Wildman–Crippen MR) is 97.1 cm³/mol. The molecular formula is C19H32N4O. The van der Waals surface area contributed by atoms with Crippen LogP contribution < -0.4 is 10.6 Å². The van der Waals surface area contributed by atoms with Crippen LogP contribution in [0.4, 0.5) is 0 Å². The lowest BCUT2D eigenvalue weighted by molar-refractivity contribution is 0.106. The number of aromatic nitrogens is 1. The van der Waals surface area contributed by atoms with Gasteiger partial charge in [0.05, 0.1) is 12.2 Å². The fourth-order valence-corrected chi connectivity index (χ4v) is 3.93. The normalized spacial score (nSPS) is 19.9. The van der Waals surface area contributed by atoms with E-state index in [9.17, 15) is 0 Å². The van der Waals surface area contributed by atoms with Gasteiger partial charge in [-0.15, -0.1) is 0 Å². The summed E-state index contributed by atoms with van der Waals surface area (Å²) in [6.07, 6.45) is 8.78. The lowest BCUT2D eigenvalue weighted by atomic mass is 9.65. The van der Waals surface area contributed by atoms with E-state index in [2.05, 4.69) is 36.6 Å². The highest BCUT2D eigenvalue weighted by Gasteiger charge is 2.48. The molecule has 2 saturated carbocycles. The standard InChI is InChI=1S/C19H32N4O/c1-4-16-15(17(5-2)24-23-16)12-21-18(20-6-3)22-13-19(10-7-11-19)14-8-9-14/h14H,4-13H2,1-3H3,(H2,20,21,22). The summed E-state index contributed by atoms with van der Waals surface area (Å²) in [6.45, 7) is 8.92. The number of nitrogens with one attached hydrogen (secondary N) is 2. The Hall–Kier alpha value is -1.52. The van der Waals surface area contributed by atoms with Crippen LogP contribution in [-0.2, 0) is 19.4 Å². The summed E-state index contributed by atoms with van der Waals surface area (Å²) in [6, 6.07) is 0. The first kappa shape index (κ1) is 17.3. The van der Waals surface area contributed by atoms with Crippen molar-refractivity contribution in [3.63, 3.8) is 0 Å². The van der Waals surface area contributed by atoms with Gasteiger partial charge in [0.25, 0.3) is 0 Å². The van der Waals surface area contributed by atoms with E-state index in [1.165, 1.54) is 32.1 Å². The monoisotopic (exact) mass is 332 g/mol. The molecule has 0 unspecified atom stereocenters. The number of hydrogen-bond acceptors (Lipinski definition) is 3. The molecule has 2 N–H and O–H groups in total. The first-order chi connectivity index (χ1) is 11.7. The Labute approximate surface area is 145 Å². The lowest BCUT2D eigenvalue weighted by Crippen LogP contribution is -2.47. The van der Waals surface area contributed by atoms with Gasteiger partial charge in [0, 0.05) is 25.1 Å². The van der Waals surface area contributed by atoms with Crippen LogP contribution in [0.1, 0.15) is 69.9 Å². The van der Waals surface area contributed by atoms with Gasteiger partial charge in [-0.2, -0.15) is 0 Å². The molecule has 134 valence electrons. The third-order valence-electron chi connectivity index (χ3n) is 5.75. The molecule has 5 nitrogen and oxygen atoms in total. The molecule has 0 aromatic carbocycles. The zero-order valence-corrected chi connectivity index (χ0v) is 15.5. The molecule has 0 bridgehead atoms. The van der Waals surface area contributed by atoms with Crippen LogP contribution >= 0.6 is 0 Å². The van der Waals surface area contributed by atoms with E-state index in [1.54, 1.807) is 0 Å². The fraction of sp³-hybridized carbons (Fsp3) is 0.789. The Morgan fingerprint density at radius 1 is 1.21 bits per heavy atom. The number of nitrogens with zero attached hydrogens (tertiary/aromatic N) is 2. The van der Waals surface area contributed by atoms with Crippen molar-refractivity contribution in [3.8, 4) is 0 Å². The Balaban J connectivity index is 1.64. The molecule has 0 spiro atoms. The highest BCUT2D eigenvalue weighted by Crippen LogP contribution is 2.56. The van der Waals surface area contributed by atoms with Gasteiger partial charge in [-0.3, -0.25) is 0 Å². The highest BCUT2D eigenvalue weighted by atomic mass is 16.5. The van der Waals surface area contributed by atoms with Gasteiger partial charge in [0.2, 0.25) is 0 Å². The minimum Gasteiger partial charge on any atom is -0.361 e. The summed E-state index contributed by atoms with van der Waals surface area (Å²) in [5, 5.41) is 11.2. The number of rotatable bonds is 8. The molecule has 0 saturated heterocycles. The zero-order valence-electron chi connectivity index (χ0n) is 15.5. The van der Waals surface area contributed by atoms with Crippen molar-refractivity contribution in [1.82, 2.24) is 15.8 Å². The maximum absolute atomic E-state index is 5.45. The zero-order chi connectivity index (χ0) is 17.0. The number of hydrogen-bond donors (Lipinski definition) is 2. The molecule has 0 radical (unpaired) electrons. The second kappa shape index (κ2) is 7.58. The average Bonchev–Trinajstić information content (AvgIpc) is 3.31. The van der Waals surface area contributed by atoms with E-state index in [0.29, 0.717) is 12.0 Å². The van der Waals surface area contributed by atoms with E-state index in [-0.39, 0.29) is 0 Å². The van der Waals surface area contributed by atoms with Gasteiger partial charge < -0.3 is 15.2 Å². The smallest absolute Gasteiger partial charge is 0.191 e. The second-order valence-corrected chi connectivity index (χ2v) is 7.28. The van der Waals surface area contributed by atoms with Crippen molar-refractivity contribution in [1.29, 1.82) is 0 Å². The molecule has 1 heterocycles. The van der Waals surface area contributed by atoms with Gasteiger partial charge in [0.15, 0.2) is 5.96 Å². The van der Waals surface area contributed by atoms with Crippen LogP contribution in [0.15, 0.2) is 9.52 Å². The maximum Gasteiger partial charge on any atom is 0.191 e. The molecule has 0 atom stereocenters. The third kappa shape index (κ3) is 3.60. The van der Waals surface area contributed by atoms with Crippen LogP contribution in [0.2, 0.25) is 0 Å². The second-order valence-electron chi connectivity index (χ2n) is 7.28. The van der Waals surface area contributed by atoms with E-state index < -0.39 is 0 Å². The topological polar surface area (TPSA) is 62.5 Å². The SMILES string of the molecule is CCNC(=NCc1c(CC)noc1CC)NCC1(C2CC2)CCC1. The van der Waals surface area contributed by atoms with Gasteiger partial charge in [0.1, 0.15) is 5.76 Å². The Bertz CT molecular complexity index is 548. The number of aryl methyl sites for hydroxylation is 2. The first-order valence-electron chi connectivity index (χ1n) is 9.71. The highest BCUT2D eigenvalue weighted by molar-refractivity contribution is 5.79. The molecule has 5 heteroatoms. The molecule has 0 aliphatic heterocycles. The van der Waals surface area contributed by atoms with Gasteiger partial charge in [-0.05, 0) is 50.4 Å². The largest absolute Gasteiger partial charge is 0.361 e. The molecule has 24 heavy (non-hydrogen) atoms. The Morgan fingerprint density at radius 2 is 2.00 bits per heavy atom. The van der Waals surface area contributed by atoms with Crippen LogP contribution in [-0.4, -0.2) is 24.2 Å². The summed E-state index contributed by atoms with van der Waals surface area (Å²) in [4.78, 5) is 4.81. The van der Waals surface area contributed by atoms with E-state index in [4.69, 9.17) is 9.52 Å². The fourth-order valence-electron chi connectivity index (χ4n) is 3.93. The molecule has 1 aromatic rings. The van der Waals surface area contributed by atoms with E-state index >= 15 is 0 Å². The summed E-state index contributed by atoms with van der Waals surface area (Å²) in [5.41, 5.74) is 2.76. The van der Waals surface area contributed by atoms with Crippen molar-refractivity contribution >= 4 is 5.96 Å². The average molecular weight is 332 g/mol. The first-order valence-corrected chi connectivity index (χ1v) is 9.71. The van der Waals surface area contributed by atoms with Crippen molar-refractivity contribution in [3.05, 3.63) is 17.0 Å². The maximum atomic E-state index is 5.45. The van der Waals surface area contributed by atoms with E-state index in [1.807, 2.05) is 0 Å². The molecule has 2 aliphatic rings. The summed E-state index contributed by atoms with van der Waals surface area (Å²) < 4.78 is 5.45. The van der Waals surface area contributed by atoms with Crippen molar-refractivity contribution in [2.24, 2.45) is 16.3 Å². The Morgan fingerprint density at radius 3 is 2.54 bits per heavy atom. The predicted octanol–water partition coefficient (Wildman–Crippen LogP) is 3.43. The number of guanidine groups is 1. The van der Waals surface area contributed by atoms with Gasteiger partial charge in [-0.1, -0.05) is 25.4 Å². The minimum atomic E-state index is 0.552. The lowest BCUT2D eigenvalue weighted by Gasteiger charge is -2.43. The number of aliphatic imine (C=N–C) groups is 1. The molecule has 3 rings (SSSR count). The summed E-state index contributed by atoms with van der Waals surface area (Å²) in [5.74, 6) is 2.85. The van der Waals surface area contributed by atoms with Crippen LogP contribution in [0.5, 0.6) is 0 Å². The van der Waals surface area contributed by atoms with Gasteiger partial charge in [-0.25, -0.2) is 4.99 Å². The minimum absolute atomic E-state index is 0.552. The summed E-state index contributed by atoms with van der Waals surface area (Å²) >= 11 is 0. The van der Waals surface area contributed by atoms with E-state index in [0.717, 1.165) is 54.8 Å². The van der Waals surface area contributed by atoms with Crippen molar-refractivity contribution in [2.75, 3.05) is 13.1 Å². The van der Waals surface area contributed by atoms with Crippen molar-refractivity contribution < 1.29 is 4.52 Å². The van der Waals surface area contributed by atoms with Crippen LogP contribution in [0.25, 0.3) is 0 Å². The quantitative estimate of drug-likeness (QED) is 0.565. The van der Waals surface area contributed by atoms with Crippen LogP contribution in [0, 0.1) is 11.3 Å². The molecule has 2 fully saturated rings. The van der Waals surface area contributed by atoms with Gasteiger partial charge >= 0.3 is 0 Å². The molecular weight excluding hydrogens is 300 g/mol.